The zero-order valence-electron chi connectivity index (χ0n) is 8.45. The zero-order valence-corrected chi connectivity index (χ0v) is 9.26. The van der Waals surface area contributed by atoms with E-state index in [-0.39, 0.29) is 5.97 Å². The molecule has 0 bridgehead atoms. The number of rotatable bonds is 3. The first-order valence-corrected chi connectivity index (χ1v) is 5.55. The van der Waals surface area contributed by atoms with Gasteiger partial charge in [0.15, 0.2) is 0 Å². The number of ether oxygens (including phenoxy) is 1. The fraction of sp³-hybridized carbons (Fsp3) is 0.500. The highest BCUT2D eigenvalue weighted by molar-refractivity contribution is 7.13. The van der Waals surface area contributed by atoms with Crippen molar-refractivity contribution in [2.45, 2.75) is 12.0 Å². The molecule has 4 nitrogen and oxygen atoms in total. The quantitative estimate of drug-likeness (QED) is 0.734. The van der Waals surface area contributed by atoms with E-state index in [0.29, 0.717) is 24.4 Å². The lowest BCUT2D eigenvalue weighted by Crippen LogP contribution is -2.60. The van der Waals surface area contributed by atoms with Gasteiger partial charge in [-0.1, -0.05) is 0 Å². The van der Waals surface area contributed by atoms with Gasteiger partial charge in [-0.15, -0.1) is 11.3 Å². The van der Waals surface area contributed by atoms with Crippen molar-refractivity contribution >= 4 is 17.3 Å². The molecule has 1 aromatic heterocycles. The van der Waals surface area contributed by atoms with Crippen molar-refractivity contribution in [1.82, 2.24) is 5.32 Å². The Hall–Kier alpha value is -0.910. The molecule has 0 spiro atoms. The van der Waals surface area contributed by atoms with Gasteiger partial charge < -0.3 is 15.2 Å². The van der Waals surface area contributed by atoms with Crippen molar-refractivity contribution in [2.24, 2.45) is 0 Å². The van der Waals surface area contributed by atoms with Crippen LogP contribution in [-0.4, -0.2) is 36.9 Å². The molecule has 0 amide bonds. The molecule has 1 saturated heterocycles. The number of methoxy groups -OCH3 is 1. The fourth-order valence-corrected chi connectivity index (χ4v) is 2.61. The van der Waals surface area contributed by atoms with E-state index in [2.05, 4.69) is 10.1 Å². The number of β-amino-alcohol motifs (C(OH)–C–C–N with tert-alkyl or cyclic N) is 1. The van der Waals surface area contributed by atoms with Crippen LogP contribution in [0, 0.1) is 0 Å². The highest BCUT2D eigenvalue weighted by atomic mass is 32.1. The van der Waals surface area contributed by atoms with Crippen molar-refractivity contribution in [2.75, 3.05) is 20.2 Å². The fourth-order valence-electron chi connectivity index (χ4n) is 1.55. The molecule has 1 aliphatic rings. The van der Waals surface area contributed by atoms with E-state index in [1.165, 1.54) is 18.4 Å². The van der Waals surface area contributed by atoms with Crippen LogP contribution in [-0.2, 0) is 11.2 Å². The van der Waals surface area contributed by atoms with Gasteiger partial charge in [-0.25, -0.2) is 4.79 Å². The molecule has 1 aliphatic heterocycles. The number of aliphatic hydroxyl groups is 1. The van der Waals surface area contributed by atoms with Gasteiger partial charge in [0, 0.05) is 24.4 Å². The van der Waals surface area contributed by atoms with Gasteiger partial charge in [-0.3, -0.25) is 0 Å². The number of carbonyl (C=O) groups is 1. The second-order valence-electron chi connectivity index (χ2n) is 3.76. The maximum Gasteiger partial charge on any atom is 0.348 e. The molecule has 1 aromatic rings. The first-order valence-electron chi connectivity index (χ1n) is 4.73. The summed E-state index contributed by atoms with van der Waals surface area (Å²) in [6.45, 7) is 1.25. The third kappa shape index (κ3) is 2.19. The standard InChI is InChI=1S/C10H13NO3S/c1-14-9(12)8-3-2-7(15-8)4-10(13)5-11-6-10/h2-3,11,13H,4-6H2,1H3. The predicted octanol–water partition coefficient (Wildman–Crippen LogP) is 0.411. The molecule has 82 valence electrons. The number of carbonyl (C=O) groups excluding carboxylic acids is 1. The van der Waals surface area contributed by atoms with Crippen LogP contribution in [0.1, 0.15) is 14.5 Å². The number of hydrogen-bond acceptors (Lipinski definition) is 5. The van der Waals surface area contributed by atoms with Crippen LogP contribution in [0.15, 0.2) is 12.1 Å². The van der Waals surface area contributed by atoms with Crippen molar-refractivity contribution in [3.8, 4) is 0 Å². The van der Waals surface area contributed by atoms with Crippen LogP contribution in [0.2, 0.25) is 0 Å². The number of thiophene rings is 1. The Morgan fingerprint density at radius 2 is 2.40 bits per heavy atom. The van der Waals surface area contributed by atoms with Crippen LogP contribution in [0.3, 0.4) is 0 Å². The Morgan fingerprint density at radius 3 is 2.93 bits per heavy atom. The third-order valence-electron chi connectivity index (χ3n) is 2.46. The summed E-state index contributed by atoms with van der Waals surface area (Å²) in [6, 6.07) is 3.61. The van der Waals surface area contributed by atoms with Crippen molar-refractivity contribution < 1.29 is 14.6 Å². The monoisotopic (exact) mass is 227 g/mol. The van der Waals surface area contributed by atoms with Crippen molar-refractivity contribution in [3.63, 3.8) is 0 Å². The van der Waals surface area contributed by atoms with Gasteiger partial charge in [-0.05, 0) is 12.1 Å². The summed E-state index contributed by atoms with van der Waals surface area (Å²) in [5.41, 5.74) is -0.627. The highest BCUT2D eigenvalue weighted by Crippen LogP contribution is 2.24. The average Bonchev–Trinajstić information content (AvgIpc) is 2.62. The Morgan fingerprint density at radius 1 is 1.67 bits per heavy atom. The van der Waals surface area contributed by atoms with Crippen molar-refractivity contribution in [1.29, 1.82) is 0 Å². The molecule has 0 unspecified atom stereocenters. The smallest absolute Gasteiger partial charge is 0.348 e. The Labute approximate surface area is 91.9 Å². The maximum atomic E-state index is 11.2. The van der Waals surface area contributed by atoms with Crippen LogP contribution in [0.5, 0.6) is 0 Å². The SMILES string of the molecule is COC(=O)c1ccc(CC2(O)CNC2)s1. The van der Waals surface area contributed by atoms with Gasteiger partial charge in [0.25, 0.3) is 0 Å². The van der Waals surface area contributed by atoms with E-state index in [0.717, 1.165) is 4.88 Å². The largest absolute Gasteiger partial charge is 0.465 e. The zero-order chi connectivity index (χ0) is 10.9. The minimum absolute atomic E-state index is 0.315. The van der Waals surface area contributed by atoms with Gasteiger partial charge in [0.1, 0.15) is 4.88 Å². The molecule has 2 heterocycles. The molecule has 1 fully saturated rings. The lowest BCUT2D eigenvalue weighted by molar-refractivity contribution is -0.00834. The topological polar surface area (TPSA) is 58.6 Å². The normalized spacial score (nSPS) is 18.3. The first kappa shape index (κ1) is 10.6. The van der Waals surface area contributed by atoms with Gasteiger partial charge in [0.2, 0.25) is 0 Å². The minimum atomic E-state index is -0.627. The number of esters is 1. The van der Waals surface area contributed by atoms with Crippen LogP contribution < -0.4 is 5.32 Å². The van der Waals surface area contributed by atoms with E-state index in [4.69, 9.17) is 0 Å². The Kier molecular flexibility index (Phi) is 2.77. The minimum Gasteiger partial charge on any atom is -0.465 e. The van der Waals surface area contributed by atoms with Crippen LogP contribution >= 0.6 is 11.3 Å². The molecule has 0 radical (unpaired) electrons. The summed E-state index contributed by atoms with van der Waals surface area (Å²) in [4.78, 5) is 12.8. The summed E-state index contributed by atoms with van der Waals surface area (Å²) >= 11 is 1.38. The molecular weight excluding hydrogens is 214 g/mol. The molecule has 0 aromatic carbocycles. The van der Waals surface area contributed by atoms with Crippen LogP contribution in [0.25, 0.3) is 0 Å². The number of nitrogens with one attached hydrogen (secondary N) is 1. The van der Waals surface area contributed by atoms with E-state index >= 15 is 0 Å². The third-order valence-corrected chi connectivity index (χ3v) is 3.52. The molecular formula is C10H13NO3S. The molecule has 15 heavy (non-hydrogen) atoms. The highest BCUT2D eigenvalue weighted by Gasteiger charge is 2.34. The molecule has 0 aliphatic carbocycles. The summed E-state index contributed by atoms with van der Waals surface area (Å²) < 4.78 is 4.62. The molecule has 5 heteroatoms. The predicted molar refractivity (Wildman–Crippen MR) is 57.2 cm³/mol. The van der Waals surface area contributed by atoms with Gasteiger partial charge >= 0.3 is 5.97 Å². The van der Waals surface area contributed by atoms with E-state index < -0.39 is 5.60 Å². The molecule has 2 rings (SSSR count). The Balaban J connectivity index is 2.04. The maximum absolute atomic E-state index is 11.2. The van der Waals surface area contributed by atoms with Crippen LogP contribution in [0.4, 0.5) is 0 Å². The molecule has 2 N–H and O–H groups in total. The summed E-state index contributed by atoms with van der Waals surface area (Å²) in [5.74, 6) is -0.315. The average molecular weight is 227 g/mol. The summed E-state index contributed by atoms with van der Waals surface area (Å²) in [7, 11) is 1.37. The second kappa shape index (κ2) is 3.92. The summed E-state index contributed by atoms with van der Waals surface area (Å²) in [5, 5.41) is 12.9. The Bertz CT molecular complexity index is 370. The van der Waals surface area contributed by atoms with Gasteiger partial charge in [0.05, 0.1) is 12.7 Å². The van der Waals surface area contributed by atoms with Crippen molar-refractivity contribution in [3.05, 3.63) is 21.9 Å². The second-order valence-corrected chi connectivity index (χ2v) is 4.93. The summed E-state index contributed by atoms with van der Waals surface area (Å²) in [6.07, 6.45) is 0.599. The van der Waals surface area contributed by atoms with E-state index in [1.54, 1.807) is 6.07 Å². The van der Waals surface area contributed by atoms with E-state index in [1.807, 2.05) is 6.07 Å². The molecule has 0 saturated carbocycles. The number of hydrogen-bond donors (Lipinski definition) is 2. The lowest BCUT2D eigenvalue weighted by Gasteiger charge is -2.37. The first-order chi connectivity index (χ1) is 7.13. The van der Waals surface area contributed by atoms with E-state index in [9.17, 15) is 9.90 Å². The van der Waals surface area contributed by atoms with Gasteiger partial charge in [-0.2, -0.15) is 0 Å². The molecule has 0 atom stereocenters. The lowest BCUT2D eigenvalue weighted by atomic mass is 9.92.